The van der Waals surface area contributed by atoms with Crippen LogP contribution in [0.1, 0.15) is 27.6 Å². The summed E-state index contributed by atoms with van der Waals surface area (Å²) in [5.41, 5.74) is 0.897. The van der Waals surface area contributed by atoms with E-state index in [0.717, 1.165) is 0 Å². The highest BCUT2D eigenvalue weighted by atomic mass is 32.1. The molecule has 0 saturated heterocycles. The van der Waals surface area contributed by atoms with Crippen LogP contribution in [0.3, 0.4) is 0 Å². The third kappa shape index (κ3) is 3.67. The summed E-state index contributed by atoms with van der Waals surface area (Å²) in [5, 5.41) is 17.7. The molecular formula is C14H12N2O4S. The van der Waals surface area contributed by atoms with Gasteiger partial charge in [-0.2, -0.15) is 11.3 Å². The molecule has 0 unspecified atom stereocenters. The maximum Gasteiger partial charge on any atom is 0.337 e. The van der Waals surface area contributed by atoms with Crippen LogP contribution in [0.5, 0.6) is 0 Å². The Labute approximate surface area is 124 Å². The number of hydrogen-bond donors (Lipinski definition) is 3. The molecule has 0 spiro atoms. The van der Waals surface area contributed by atoms with Crippen molar-refractivity contribution < 1.29 is 19.5 Å². The van der Waals surface area contributed by atoms with Gasteiger partial charge in [0, 0.05) is 18.0 Å². The van der Waals surface area contributed by atoms with Crippen molar-refractivity contribution in [3.63, 3.8) is 0 Å². The van der Waals surface area contributed by atoms with Crippen LogP contribution in [-0.2, 0) is 4.79 Å². The van der Waals surface area contributed by atoms with E-state index in [0.29, 0.717) is 11.3 Å². The zero-order valence-electron chi connectivity index (χ0n) is 11.0. The average Bonchev–Trinajstić information content (AvgIpc) is 2.93. The van der Waals surface area contributed by atoms with Crippen LogP contribution in [0.4, 0.5) is 11.4 Å². The molecule has 108 valence electrons. The summed E-state index contributed by atoms with van der Waals surface area (Å²) in [5.74, 6) is -1.88. The van der Waals surface area contributed by atoms with Gasteiger partial charge in [-0.3, -0.25) is 9.59 Å². The van der Waals surface area contributed by atoms with Crippen molar-refractivity contribution in [2.24, 2.45) is 0 Å². The highest BCUT2D eigenvalue weighted by Crippen LogP contribution is 2.22. The molecule has 0 aliphatic carbocycles. The fourth-order valence-electron chi connectivity index (χ4n) is 1.70. The molecule has 1 aromatic carbocycles. The van der Waals surface area contributed by atoms with E-state index in [1.54, 1.807) is 16.8 Å². The number of carbonyl (C=O) groups is 3. The molecule has 2 amide bonds. The molecule has 1 heterocycles. The molecule has 0 fully saturated rings. The monoisotopic (exact) mass is 304 g/mol. The molecule has 0 atom stereocenters. The Kier molecular flexibility index (Phi) is 4.34. The van der Waals surface area contributed by atoms with E-state index in [1.807, 2.05) is 0 Å². The Balaban J connectivity index is 2.28. The van der Waals surface area contributed by atoms with Crippen molar-refractivity contribution in [1.29, 1.82) is 0 Å². The Morgan fingerprint density at radius 2 is 1.90 bits per heavy atom. The minimum absolute atomic E-state index is 0.0928. The zero-order chi connectivity index (χ0) is 15.4. The lowest BCUT2D eigenvalue weighted by Crippen LogP contribution is -2.15. The molecule has 0 aliphatic rings. The minimum atomic E-state index is -1.19. The summed E-state index contributed by atoms with van der Waals surface area (Å²) in [4.78, 5) is 34.2. The molecule has 21 heavy (non-hydrogen) atoms. The quantitative estimate of drug-likeness (QED) is 0.809. The Hall–Kier alpha value is -2.67. The van der Waals surface area contributed by atoms with E-state index in [1.165, 1.54) is 36.5 Å². The number of amides is 2. The van der Waals surface area contributed by atoms with Gasteiger partial charge in [-0.05, 0) is 29.6 Å². The van der Waals surface area contributed by atoms with E-state index in [2.05, 4.69) is 10.6 Å². The lowest BCUT2D eigenvalue weighted by atomic mass is 10.1. The number of rotatable bonds is 4. The number of carbonyl (C=O) groups excluding carboxylic acids is 2. The van der Waals surface area contributed by atoms with Crippen LogP contribution >= 0.6 is 11.3 Å². The molecule has 7 heteroatoms. The molecule has 0 radical (unpaired) electrons. The average molecular weight is 304 g/mol. The smallest absolute Gasteiger partial charge is 0.337 e. The first-order valence-corrected chi connectivity index (χ1v) is 6.90. The zero-order valence-corrected chi connectivity index (χ0v) is 11.9. The predicted molar refractivity (Wildman–Crippen MR) is 80.0 cm³/mol. The topological polar surface area (TPSA) is 95.5 Å². The summed E-state index contributed by atoms with van der Waals surface area (Å²) in [6.45, 7) is 1.33. The largest absolute Gasteiger partial charge is 0.478 e. The van der Waals surface area contributed by atoms with Crippen molar-refractivity contribution >= 4 is 40.5 Å². The van der Waals surface area contributed by atoms with Gasteiger partial charge in [0.05, 0.1) is 16.8 Å². The summed E-state index contributed by atoms with van der Waals surface area (Å²) in [6, 6.07) is 5.91. The van der Waals surface area contributed by atoms with E-state index < -0.39 is 5.97 Å². The van der Waals surface area contributed by atoms with Crippen LogP contribution in [0.15, 0.2) is 35.0 Å². The number of nitrogens with one attached hydrogen (secondary N) is 2. The van der Waals surface area contributed by atoms with Crippen LogP contribution in [0.2, 0.25) is 0 Å². The number of benzene rings is 1. The molecular weight excluding hydrogens is 292 g/mol. The second kappa shape index (κ2) is 6.19. The highest BCUT2D eigenvalue weighted by molar-refractivity contribution is 7.08. The SMILES string of the molecule is CC(=O)Nc1ccc(NC(=O)c2ccsc2)c(C(=O)O)c1. The van der Waals surface area contributed by atoms with Gasteiger partial charge in [-0.15, -0.1) is 0 Å². The van der Waals surface area contributed by atoms with Crippen molar-refractivity contribution in [1.82, 2.24) is 0 Å². The fraction of sp³-hybridized carbons (Fsp3) is 0.0714. The van der Waals surface area contributed by atoms with Gasteiger partial charge in [0.15, 0.2) is 0 Å². The third-order valence-corrected chi connectivity index (χ3v) is 3.29. The van der Waals surface area contributed by atoms with Crippen molar-refractivity contribution in [2.45, 2.75) is 6.92 Å². The van der Waals surface area contributed by atoms with Crippen LogP contribution in [-0.4, -0.2) is 22.9 Å². The number of thiophene rings is 1. The van der Waals surface area contributed by atoms with Gasteiger partial charge in [0.1, 0.15) is 0 Å². The normalized spacial score (nSPS) is 9.95. The molecule has 0 saturated carbocycles. The number of aromatic carboxylic acids is 1. The molecule has 1 aromatic heterocycles. The van der Waals surface area contributed by atoms with Gasteiger partial charge in [-0.1, -0.05) is 0 Å². The maximum atomic E-state index is 11.9. The third-order valence-electron chi connectivity index (χ3n) is 2.60. The molecule has 3 N–H and O–H groups in total. The second-order valence-corrected chi connectivity index (χ2v) is 4.99. The minimum Gasteiger partial charge on any atom is -0.478 e. The Morgan fingerprint density at radius 3 is 2.48 bits per heavy atom. The number of anilines is 2. The number of carboxylic acid groups (broad SMARTS) is 1. The van der Waals surface area contributed by atoms with Crippen molar-refractivity contribution in [3.8, 4) is 0 Å². The lowest BCUT2D eigenvalue weighted by Gasteiger charge is -2.10. The first-order chi connectivity index (χ1) is 9.97. The van der Waals surface area contributed by atoms with E-state index in [9.17, 15) is 19.5 Å². The second-order valence-electron chi connectivity index (χ2n) is 4.21. The van der Waals surface area contributed by atoms with Crippen molar-refractivity contribution in [3.05, 3.63) is 46.2 Å². The fourth-order valence-corrected chi connectivity index (χ4v) is 2.34. The molecule has 0 bridgehead atoms. The first kappa shape index (κ1) is 14.7. The molecule has 2 aromatic rings. The Bertz CT molecular complexity index is 695. The van der Waals surface area contributed by atoms with Gasteiger partial charge in [-0.25, -0.2) is 4.79 Å². The van der Waals surface area contributed by atoms with E-state index in [-0.39, 0.29) is 23.1 Å². The first-order valence-electron chi connectivity index (χ1n) is 5.96. The maximum absolute atomic E-state index is 11.9. The summed E-state index contributed by atoms with van der Waals surface area (Å²) in [7, 11) is 0. The molecule has 2 rings (SSSR count). The van der Waals surface area contributed by atoms with Gasteiger partial charge >= 0.3 is 5.97 Å². The summed E-state index contributed by atoms with van der Waals surface area (Å²) in [6.07, 6.45) is 0. The van der Waals surface area contributed by atoms with E-state index in [4.69, 9.17) is 0 Å². The van der Waals surface area contributed by atoms with Crippen LogP contribution < -0.4 is 10.6 Å². The highest BCUT2D eigenvalue weighted by Gasteiger charge is 2.15. The standard InChI is InChI=1S/C14H12N2O4S/c1-8(17)15-10-2-3-12(11(6-10)14(19)20)16-13(18)9-4-5-21-7-9/h2-7H,1H3,(H,15,17)(H,16,18)(H,19,20). The summed E-state index contributed by atoms with van der Waals surface area (Å²) < 4.78 is 0. The van der Waals surface area contributed by atoms with Gasteiger partial charge in [0.2, 0.25) is 5.91 Å². The predicted octanol–water partition coefficient (Wildman–Crippen LogP) is 2.66. The molecule has 0 aliphatic heterocycles. The lowest BCUT2D eigenvalue weighted by molar-refractivity contribution is -0.114. The number of carboxylic acids is 1. The Morgan fingerprint density at radius 1 is 1.14 bits per heavy atom. The van der Waals surface area contributed by atoms with Gasteiger partial charge in [0.25, 0.3) is 5.91 Å². The van der Waals surface area contributed by atoms with E-state index >= 15 is 0 Å². The van der Waals surface area contributed by atoms with Crippen molar-refractivity contribution in [2.75, 3.05) is 10.6 Å². The van der Waals surface area contributed by atoms with Crippen LogP contribution in [0.25, 0.3) is 0 Å². The van der Waals surface area contributed by atoms with Crippen LogP contribution in [0, 0.1) is 0 Å². The number of hydrogen-bond acceptors (Lipinski definition) is 4. The summed E-state index contributed by atoms with van der Waals surface area (Å²) >= 11 is 1.37. The van der Waals surface area contributed by atoms with Gasteiger partial charge < -0.3 is 15.7 Å². The molecule has 6 nitrogen and oxygen atoms in total.